The number of carbonyl (C=O) groups is 2. The number of aromatic nitrogens is 2. The van der Waals surface area contributed by atoms with E-state index in [1.54, 1.807) is 23.2 Å². The molecule has 2 heterocycles. The first kappa shape index (κ1) is 29.2. The Kier molecular flexibility index (Phi) is 11.0. The van der Waals surface area contributed by atoms with E-state index in [-0.39, 0.29) is 18.0 Å². The largest absolute Gasteiger partial charge is 0.357 e. The Morgan fingerprint density at radius 2 is 1.84 bits per heavy atom. The molecule has 0 bridgehead atoms. The fourth-order valence-electron chi connectivity index (χ4n) is 5.98. The van der Waals surface area contributed by atoms with Crippen molar-refractivity contribution in [1.29, 1.82) is 0 Å². The third kappa shape index (κ3) is 7.13. The number of likely N-dealkylation sites (N-methyl/N-ethyl adjacent to an activating group) is 1. The number of benzene rings is 1. The lowest BCUT2D eigenvalue weighted by atomic mass is 9.87. The monoisotopic (exact) mass is 512 g/mol. The zero-order chi connectivity index (χ0) is 26.9. The number of nitrogens with one attached hydrogen (secondary N) is 1. The zero-order valence-electron chi connectivity index (χ0n) is 23.7. The van der Waals surface area contributed by atoms with E-state index in [0.29, 0.717) is 12.3 Å². The summed E-state index contributed by atoms with van der Waals surface area (Å²) in [6.45, 7) is 10.4. The molecule has 1 aliphatic heterocycles. The van der Waals surface area contributed by atoms with Gasteiger partial charge in [0.2, 0.25) is 5.91 Å². The molecule has 206 valence electrons. The molecule has 7 heteroatoms. The molecule has 1 saturated heterocycles. The van der Waals surface area contributed by atoms with Gasteiger partial charge in [-0.1, -0.05) is 46.1 Å². The molecule has 0 saturated carbocycles. The van der Waals surface area contributed by atoms with E-state index in [9.17, 15) is 14.4 Å². The highest BCUT2D eigenvalue weighted by Gasteiger charge is 2.27. The lowest BCUT2D eigenvalue weighted by Gasteiger charge is -2.35. The third-order valence-electron chi connectivity index (χ3n) is 8.57. The van der Waals surface area contributed by atoms with Crippen LogP contribution in [0.15, 0.2) is 23.0 Å². The number of imidazole rings is 1. The molecule has 3 unspecified atom stereocenters. The SMILES string of the molecule is CCCC(CCC(C)CC)CN1CCC(c2ccc3c(c2)n(C)c(=O)n3C(CCC=O)C(=O)NC)CC1. The normalized spacial score (nSPS) is 17.5. The quantitative estimate of drug-likeness (QED) is 0.360. The predicted molar refractivity (Wildman–Crippen MR) is 151 cm³/mol. The van der Waals surface area contributed by atoms with E-state index in [1.807, 2.05) is 6.07 Å². The number of aldehydes is 1. The van der Waals surface area contributed by atoms with Crippen LogP contribution in [-0.4, -0.2) is 52.9 Å². The number of rotatable bonds is 14. The molecule has 1 N–H and O–H groups in total. The number of hydrogen-bond donors (Lipinski definition) is 1. The van der Waals surface area contributed by atoms with Crippen LogP contribution in [-0.2, 0) is 16.6 Å². The van der Waals surface area contributed by atoms with Gasteiger partial charge in [-0.05, 0) is 80.6 Å². The van der Waals surface area contributed by atoms with Crippen molar-refractivity contribution >= 4 is 23.2 Å². The Balaban J connectivity index is 1.72. The predicted octanol–water partition coefficient (Wildman–Crippen LogP) is 5.03. The fraction of sp³-hybridized carbons (Fsp3) is 0.700. The number of piperidine rings is 1. The summed E-state index contributed by atoms with van der Waals surface area (Å²) in [5, 5.41) is 2.65. The molecule has 1 aliphatic rings. The molecule has 3 rings (SSSR count). The molecule has 37 heavy (non-hydrogen) atoms. The van der Waals surface area contributed by atoms with Gasteiger partial charge in [-0.3, -0.25) is 13.9 Å². The van der Waals surface area contributed by atoms with Crippen LogP contribution >= 0.6 is 0 Å². The van der Waals surface area contributed by atoms with Crippen LogP contribution < -0.4 is 11.0 Å². The van der Waals surface area contributed by atoms with Crippen molar-refractivity contribution in [1.82, 2.24) is 19.4 Å². The summed E-state index contributed by atoms with van der Waals surface area (Å²) < 4.78 is 3.19. The van der Waals surface area contributed by atoms with Crippen LogP contribution in [0.4, 0.5) is 0 Å². The van der Waals surface area contributed by atoms with E-state index in [4.69, 9.17) is 0 Å². The van der Waals surface area contributed by atoms with Crippen molar-refractivity contribution < 1.29 is 9.59 Å². The molecule has 1 aromatic heterocycles. The van der Waals surface area contributed by atoms with Gasteiger partial charge in [-0.15, -0.1) is 0 Å². The van der Waals surface area contributed by atoms with Crippen LogP contribution in [0.5, 0.6) is 0 Å². The number of aryl methyl sites for hydroxylation is 1. The number of nitrogens with zero attached hydrogens (tertiary/aromatic N) is 3. The topological polar surface area (TPSA) is 76.3 Å². The molecule has 1 aromatic carbocycles. The number of carbonyl (C=O) groups excluding carboxylic acids is 2. The van der Waals surface area contributed by atoms with E-state index in [1.165, 1.54) is 44.2 Å². The summed E-state index contributed by atoms with van der Waals surface area (Å²) in [5.74, 6) is 1.85. The van der Waals surface area contributed by atoms with Crippen molar-refractivity contribution in [2.75, 3.05) is 26.7 Å². The Bertz CT molecular complexity index is 1080. The first-order chi connectivity index (χ1) is 17.8. The highest BCUT2D eigenvalue weighted by atomic mass is 16.2. The van der Waals surface area contributed by atoms with Gasteiger partial charge < -0.3 is 15.0 Å². The van der Waals surface area contributed by atoms with Crippen molar-refractivity contribution in [3.63, 3.8) is 0 Å². The molecule has 0 radical (unpaired) electrons. The summed E-state index contributed by atoms with van der Waals surface area (Å²) >= 11 is 0. The van der Waals surface area contributed by atoms with Crippen molar-refractivity contribution in [3.05, 3.63) is 34.2 Å². The van der Waals surface area contributed by atoms with Crippen molar-refractivity contribution in [2.45, 2.75) is 90.5 Å². The second-order valence-electron chi connectivity index (χ2n) is 11.2. The maximum Gasteiger partial charge on any atom is 0.329 e. The van der Waals surface area contributed by atoms with Crippen LogP contribution in [0.3, 0.4) is 0 Å². The minimum absolute atomic E-state index is 0.221. The van der Waals surface area contributed by atoms with E-state index >= 15 is 0 Å². The smallest absolute Gasteiger partial charge is 0.329 e. The first-order valence-electron chi connectivity index (χ1n) is 14.4. The van der Waals surface area contributed by atoms with Crippen LogP contribution in [0.1, 0.15) is 96.1 Å². The second kappa shape index (κ2) is 13.9. The molecule has 2 aromatic rings. The van der Waals surface area contributed by atoms with Gasteiger partial charge in [0, 0.05) is 27.1 Å². The molecular formula is C30H48N4O3. The molecule has 0 spiro atoms. The maximum atomic E-state index is 13.2. The summed E-state index contributed by atoms with van der Waals surface area (Å²) in [6.07, 6.45) is 10.1. The first-order valence-corrected chi connectivity index (χ1v) is 14.4. The van der Waals surface area contributed by atoms with Crippen molar-refractivity contribution in [2.24, 2.45) is 18.9 Å². The average molecular weight is 513 g/mol. The fourth-order valence-corrected chi connectivity index (χ4v) is 5.98. The van der Waals surface area contributed by atoms with E-state index in [2.05, 4.69) is 43.1 Å². The Morgan fingerprint density at radius 3 is 2.46 bits per heavy atom. The van der Waals surface area contributed by atoms with E-state index in [0.717, 1.165) is 55.1 Å². The van der Waals surface area contributed by atoms with Crippen LogP contribution in [0.25, 0.3) is 11.0 Å². The summed E-state index contributed by atoms with van der Waals surface area (Å²) in [7, 11) is 3.33. The molecule has 3 atom stereocenters. The Labute approximate surface area is 222 Å². The van der Waals surface area contributed by atoms with Crippen LogP contribution in [0, 0.1) is 11.8 Å². The van der Waals surface area contributed by atoms with Gasteiger partial charge in [0.1, 0.15) is 12.3 Å². The standard InChI is InChI=1S/C30H48N4O3/c1-6-9-23(12-11-22(3)7-2)21-33-17-15-24(16-18-33)25-13-14-26-28(20-25)32(5)30(37)34(26)27(10-8-19-35)29(36)31-4/h13-14,19-20,22-24,27H,6-12,15-18,21H2,1-5H3,(H,31,36). The molecule has 7 nitrogen and oxygen atoms in total. The number of fused-ring (bicyclic) bond motifs is 1. The molecule has 0 aliphatic carbocycles. The Hall–Kier alpha value is -2.41. The maximum absolute atomic E-state index is 13.2. The zero-order valence-corrected chi connectivity index (χ0v) is 23.7. The van der Waals surface area contributed by atoms with Gasteiger partial charge in [0.15, 0.2) is 0 Å². The van der Waals surface area contributed by atoms with E-state index < -0.39 is 6.04 Å². The summed E-state index contributed by atoms with van der Waals surface area (Å²) in [5.41, 5.74) is 2.64. The number of likely N-dealkylation sites (tertiary alicyclic amines) is 1. The highest BCUT2D eigenvalue weighted by molar-refractivity contribution is 5.84. The summed E-state index contributed by atoms with van der Waals surface area (Å²) in [6, 6.07) is 5.56. The number of amides is 1. The van der Waals surface area contributed by atoms with Gasteiger partial charge >= 0.3 is 5.69 Å². The molecular weight excluding hydrogens is 464 g/mol. The van der Waals surface area contributed by atoms with Crippen LogP contribution in [0.2, 0.25) is 0 Å². The van der Waals surface area contributed by atoms with Crippen molar-refractivity contribution in [3.8, 4) is 0 Å². The number of hydrogen-bond acceptors (Lipinski definition) is 4. The lowest BCUT2D eigenvalue weighted by molar-refractivity contribution is -0.124. The average Bonchev–Trinajstić information content (AvgIpc) is 3.16. The molecule has 1 amide bonds. The third-order valence-corrected chi connectivity index (χ3v) is 8.57. The minimum atomic E-state index is -0.697. The van der Waals surface area contributed by atoms with Gasteiger partial charge in [-0.25, -0.2) is 4.79 Å². The summed E-state index contributed by atoms with van der Waals surface area (Å²) in [4.78, 5) is 39.4. The highest BCUT2D eigenvalue weighted by Crippen LogP contribution is 2.32. The van der Waals surface area contributed by atoms with Gasteiger partial charge in [0.05, 0.1) is 11.0 Å². The van der Waals surface area contributed by atoms with Gasteiger partial charge in [-0.2, -0.15) is 0 Å². The Morgan fingerprint density at radius 1 is 1.11 bits per heavy atom. The lowest BCUT2D eigenvalue weighted by Crippen LogP contribution is -2.36. The minimum Gasteiger partial charge on any atom is -0.357 e. The second-order valence-corrected chi connectivity index (χ2v) is 11.2. The molecule has 1 fully saturated rings. The van der Waals surface area contributed by atoms with Gasteiger partial charge in [0.25, 0.3) is 0 Å².